The SMILES string of the molecule is CCCCC/C=C\C/C=C\CCCCCCCCN(CCCCCCCC/C=C\C/C=C\CCCCC)C(=O)OC1CCCN(CCN(C)C)C1. The highest BCUT2D eigenvalue weighted by atomic mass is 16.6. The highest BCUT2D eigenvalue weighted by Gasteiger charge is 2.25. The number of hydrogen-bond acceptors (Lipinski definition) is 4. The number of allylic oxidation sites excluding steroid dienone is 8. The van der Waals surface area contributed by atoms with Crippen molar-refractivity contribution in [3.63, 3.8) is 0 Å². The van der Waals surface area contributed by atoms with Crippen LogP contribution in [0.3, 0.4) is 0 Å². The van der Waals surface area contributed by atoms with Crippen LogP contribution in [-0.2, 0) is 4.74 Å². The largest absolute Gasteiger partial charge is 0.445 e. The van der Waals surface area contributed by atoms with Crippen LogP contribution in [-0.4, -0.2) is 80.3 Å². The van der Waals surface area contributed by atoms with E-state index >= 15 is 0 Å². The van der Waals surface area contributed by atoms with Crippen LogP contribution in [0.5, 0.6) is 0 Å². The number of unbranched alkanes of at least 4 members (excludes halogenated alkanes) is 18. The van der Waals surface area contributed by atoms with Crippen LogP contribution in [0.25, 0.3) is 0 Å². The summed E-state index contributed by atoms with van der Waals surface area (Å²) < 4.78 is 6.16. The number of carbonyl (C=O) groups is 1. The first-order valence-corrected chi connectivity index (χ1v) is 22.0. The molecule has 0 aliphatic carbocycles. The number of piperidine rings is 1. The normalized spacial score (nSPS) is 15.8. The predicted molar refractivity (Wildman–Crippen MR) is 225 cm³/mol. The van der Waals surface area contributed by atoms with E-state index in [-0.39, 0.29) is 12.2 Å². The van der Waals surface area contributed by atoms with Gasteiger partial charge in [0.2, 0.25) is 0 Å². The van der Waals surface area contributed by atoms with E-state index in [0.29, 0.717) is 0 Å². The zero-order chi connectivity index (χ0) is 36.9. The van der Waals surface area contributed by atoms with Gasteiger partial charge in [-0.3, -0.25) is 4.90 Å². The Hall–Kier alpha value is -1.85. The summed E-state index contributed by atoms with van der Waals surface area (Å²) in [5.41, 5.74) is 0. The van der Waals surface area contributed by atoms with E-state index in [1.807, 2.05) is 4.90 Å². The fraction of sp³-hybridized carbons (Fsp3) is 0.804. The molecule has 1 saturated heterocycles. The average Bonchev–Trinajstić information content (AvgIpc) is 3.12. The third-order valence-corrected chi connectivity index (χ3v) is 10.1. The van der Waals surface area contributed by atoms with E-state index in [0.717, 1.165) is 77.8 Å². The summed E-state index contributed by atoms with van der Waals surface area (Å²) in [6.45, 7) is 10.3. The number of likely N-dealkylation sites (N-methyl/N-ethyl adjacent to an activating group) is 1. The highest BCUT2D eigenvalue weighted by molar-refractivity contribution is 5.67. The molecule has 5 heteroatoms. The van der Waals surface area contributed by atoms with Crippen molar-refractivity contribution in [3.8, 4) is 0 Å². The van der Waals surface area contributed by atoms with E-state index in [1.165, 1.54) is 128 Å². The number of rotatable bonds is 34. The molecule has 0 aromatic rings. The minimum atomic E-state index is -0.0698. The van der Waals surface area contributed by atoms with Gasteiger partial charge in [-0.05, 0) is 111 Å². The summed E-state index contributed by atoms with van der Waals surface area (Å²) in [7, 11) is 4.25. The molecule has 0 aromatic heterocycles. The van der Waals surface area contributed by atoms with Gasteiger partial charge in [0, 0.05) is 32.7 Å². The van der Waals surface area contributed by atoms with E-state index < -0.39 is 0 Å². The fourth-order valence-electron chi connectivity index (χ4n) is 6.75. The molecular weight excluding hydrogens is 627 g/mol. The molecule has 1 aliphatic rings. The lowest BCUT2D eigenvalue weighted by atomic mass is 10.1. The molecule has 1 fully saturated rings. The van der Waals surface area contributed by atoms with Crippen molar-refractivity contribution in [1.82, 2.24) is 14.7 Å². The number of carbonyl (C=O) groups excluding carboxylic acids is 1. The van der Waals surface area contributed by atoms with Crippen molar-refractivity contribution < 1.29 is 9.53 Å². The first-order valence-electron chi connectivity index (χ1n) is 22.0. The van der Waals surface area contributed by atoms with Crippen molar-refractivity contribution in [2.24, 2.45) is 0 Å². The van der Waals surface area contributed by atoms with Crippen molar-refractivity contribution in [1.29, 1.82) is 0 Å². The Morgan fingerprint density at radius 2 is 1.02 bits per heavy atom. The van der Waals surface area contributed by atoms with Gasteiger partial charge < -0.3 is 14.5 Å². The van der Waals surface area contributed by atoms with Gasteiger partial charge in [-0.2, -0.15) is 0 Å². The monoisotopic (exact) mass is 712 g/mol. The lowest BCUT2D eigenvalue weighted by Crippen LogP contribution is -2.45. The molecule has 296 valence electrons. The van der Waals surface area contributed by atoms with E-state index in [9.17, 15) is 4.79 Å². The zero-order valence-corrected chi connectivity index (χ0v) is 34.5. The highest BCUT2D eigenvalue weighted by Crippen LogP contribution is 2.17. The van der Waals surface area contributed by atoms with Crippen LogP contribution in [0.4, 0.5) is 4.79 Å². The fourth-order valence-corrected chi connectivity index (χ4v) is 6.75. The van der Waals surface area contributed by atoms with Crippen molar-refractivity contribution in [2.75, 3.05) is 53.4 Å². The molecule has 1 aliphatic heterocycles. The molecular formula is C46H85N3O2. The summed E-state index contributed by atoms with van der Waals surface area (Å²) >= 11 is 0. The summed E-state index contributed by atoms with van der Waals surface area (Å²) in [5, 5.41) is 0. The molecule has 0 saturated carbocycles. The number of hydrogen-bond donors (Lipinski definition) is 0. The van der Waals surface area contributed by atoms with Gasteiger partial charge >= 0.3 is 6.09 Å². The Kier molecular flexibility index (Phi) is 33.8. The zero-order valence-electron chi connectivity index (χ0n) is 34.5. The third kappa shape index (κ3) is 31.4. The smallest absolute Gasteiger partial charge is 0.410 e. The molecule has 1 rings (SSSR count). The summed E-state index contributed by atoms with van der Waals surface area (Å²) in [6, 6.07) is 0. The van der Waals surface area contributed by atoms with Gasteiger partial charge in [-0.25, -0.2) is 4.79 Å². The minimum absolute atomic E-state index is 0.0302. The molecule has 5 nitrogen and oxygen atoms in total. The second kappa shape index (κ2) is 36.5. The molecule has 51 heavy (non-hydrogen) atoms. The molecule has 0 radical (unpaired) electrons. The Morgan fingerprint density at radius 1 is 0.588 bits per heavy atom. The number of amides is 1. The van der Waals surface area contributed by atoms with Gasteiger partial charge in [0.1, 0.15) is 6.10 Å². The maximum Gasteiger partial charge on any atom is 0.410 e. The maximum atomic E-state index is 13.4. The Balaban J connectivity index is 2.30. The summed E-state index contributed by atoms with van der Waals surface area (Å²) in [5.74, 6) is 0. The predicted octanol–water partition coefficient (Wildman–Crippen LogP) is 13.1. The van der Waals surface area contributed by atoms with Crippen LogP contribution in [0.15, 0.2) is 48.6 Å². The summed E-state index contributed by atoms with van der Waals surface area (Å²) in [4.78, 5) is 20.2. The molecule has 0 aromatic carbocycles. The van der Waals surface area contributed by atoms with Crippen molar-refractivity contribution >= 4 is 6.09 Å². The van der Waals surface area contributed by atoms with Gasteiger partial charge in [0.05, 0.1) is 0 Å². The molecule has 1 unspecified atom stereocenters. The quantitative estimate of drug-likeness (QED) is 0.0492. The Bertz CT molecular complexity index is 832. The Labute approximate surface area is 318 Å². The second-order valence-electron chi connectivity index (χ2n) is 15.4. The van der Waals surface area contributed by atoms with Crippen LogP contribution < -0.4 is 0 Å². The molecule has 0 N–H and O–H groups in total. The van der Waals surface area contributed by atoms with E-state index in [2.05, 4.69) is 86.4 Å². The lowest BCUT2D eigenvalue weighted by Gasteiger charge is -2.34. The minimum Gasteiger partial charge on any atom is -0.445 e. The molecule has 0 bridgehead atoms. The first-order chi connectivity index (χ1) is 25.1. The average molecular weight is 712 g/mol. The van der Waals surface area contributed by atoms with Gasteiger partial charge in [-0.15, -0.1) is 0 Å². The van der Waals surface area contributed by atoms with E-state index in [4.69, 9.17) is 4.74 Å². The second-order valence-corrected chi connectivity index (χ2v) is 15.4. The van der Waals surface area contributed by atoms with Crippen LogP contribution >= 0.6 is 0 Å². The maximum absolute atomic E-state index is 13.4. The van der Waals surface area contributed by atoms with Gasteiger partial charge in [-0.1, -0.05) is 140 Å². The number of ether oxygens (including phenoxy) is 1. The van der Waals surface area contributed by atoms with Gasteiger partial charge in [0.15, 0.2) is 0 Å². The standard InChI is InChI=1S/C46H85N3O2/c1-5-7-9-11-13-15-17-19-21-23-25-27-29-31-33-35-40-49(46(50)51-45-38-37-39-48(44-45)43-42-47(3)4)41-36-34-32-30-28-26-24-22-20-18-16-14-12-10-8-6-2/h13-16,19-22,45H,5-12,17-18,23-44H2,1-4H3/b15-13-,16-14-,21-19-,22-20-. The van der Waals surface area contributed by atoms with E-state index in [1.54, 1.807) is 0 Å². The van der Waals surface area contributed by atoms with Crippen LogP contribution in [0.2, 0.25) is 0 Å². The van der Waals surface area contributed by atoms with Gasteiger partial charge in [0.25, 0.3) is 0 Å². The lowest BCUT2D eigenvalue weighted by molar-refractivity contribution is 0.0199. The number of likely N-dealkylation sites (tertiary alicyclic amines) is 1. The molecule has 0 spiro atoms. The summed E-state index contributed by atoms with van der Waals surface area (Å²) in [6.07, 6.45) is 50.6. The number of nitrogens with zero attached hydrogens (tertiary/aromatic N) is 3. The molecule has 1 amide bonds. The molecule has 1 atom stereocenters. The van der Waals surface area contributed by atoms with Crippen LogP contribution in [0.1, 0.15) is 181 Å². The first kappa shape index (κ1) is 47.2. The topological polar surface area (TPSA) is 36.0 Å². The van der Waals surface area contributed by atoms with Crippen LogP contribution in [0, 0.1) is 0 Å². The Morgan fingerprint density at radius 3 is 1.47 bits per heavy atom. The van der Waals surface area contributed by atoms with Crippen molar-refractivity contribution in [2.45, 2.75) is 187 Å². The molecule has 1 heterocycles. The third-order valence-electron chi connectivity index (χ3n) is 10.1. The van der Waals surface area contributed by atoms with Crippen molar-refractivity contribution in [3.05, 3.63) is 48.6 Å².